The zero-order valence-corrected chi connectivity index (χ0v) is 24.5. The number of anilines is 1. The van der Waals surface area contributed by atoms with Crippen molar-refractivity contribution in [3.05, 3.63) is 149 Å². The number of nitrogens with zero attached hydrogens (tertiary/aromatic N) is 2. The van der Waals surface area contributed by atoms with Crippen LogP contribution in [0, 0.1) is 0 Å². The van der Waals surface area contributed by atoms with Crippen molar-refractivity contribution in [3.63, 3.8) is 0 Å². The maximum atomic E-state index is 12.6. The minimum Gasteiger partial charge on any atom is -0.400 e. The number of hydrazine groups is 1. The number of amides is 2. The average Bonchev–Trinajstić information content (AvgIpc) is 3.04. The molecule has 0 aromatic heterocycles. The van der Waals surface area contributed by atoms with Crippen LogP contribution in [0.4, 0.5) is 5.69 Å². The molecule has 0 fully saturated rings. The van der Waals surface area contributed by atoms with Gasteiger partial charge in [-0.2, -0.15) is 0 Å². The van der Waals surface area contributed by atoms with E-state index in [0.717, 1.165) is 18.7 Å². The maximum Gasteiger partial charge on any atom is 0.251 e. The fourth-order valence-corrected chi connectivity index (χ4v) is 4.71. The molecule has 44 heavy (non-hydrogen) atoms. The second-order valence-electron chi connectivity index (χ2n) is 10.5. The Morgan fingerprint density at radius 1 is 0.750 bits per heavy atom. The Bertz CT molecular complexity index is 1470. The van der Waals surface area contributed by atoms with Crippen LogP contribution in [0.5, 0.6) is 0 Å². The fourth-order valence-electron chi connectivity index (χ4n) is 4.71. The van der Waals surface area contributed by atoms with Gasteiger partial charge in [-0.15, -0.1) is 0 Å². The van der Waals surface area contributed by atoms with Crippen molar-refractivity contribution < 1.29 is 14.4 Å². The van der Waals surface area contributed by atoms with Crippen LogP contribution >= 0.6 is 0 Å². The largest absolute Gasteiger partial charge is 0.400 e. The van der Waals surface area contributed by atoms with Gasteiger partial charge in [0.1, 0.15) is 6.29 Å². The molecule has 0 radical (unpaired) electrons. The highest BCUT2D eigenvalue weighted by molar-refractivity contribution is 5.97. The predicted octanol–water partition coefficient (Wildman–Crippen LogP) is 3.53. The molecule has 9 heteroatoms. The van der Waals surface area contributed by atoms with Crippen molar-refractivity contribution >= 4 is 23.8 Å². The summed E-state index contributed by atoms with van der Waals surface area (Å²) in [6.45, 7) is 1.68. The average molecular weight is 591 g/mol. The van der Waals surface area contributed by atoms with Gasteiger partial charge in [-0.25, -0.2) is 5.84 Å². The summed E-state index contributed by atoms with van der Waals surface area (Å²) in [7, 11) is 0. The van der Waals surface area contributed by atoms with Gasteiger partial charge in [0.15, 0.2) is 0 Å². The minimum absolute atomic E-state index is 0.259. The number of hydrogen-bond acceptors (Lipinski definition) is 7. The first-order valence-corrected chi connectivity index (χ1v) is 14.4. The summed E-state index contributed by atoms with van der Waals surface area (Å²) in [5.74, 6) is 5.42. The van der Waals surface area contributed by atoms with Gasteiger partial charge in [0.05, 0.1) is 18.3 Å². The van der Waals surface area contributed by atoms with Crippen molar-refractivity contribution in [1.82, 2.24) is 15.5 Å². The van der Waals surface area contributed by atoms with Crippen molar-refractivity contribution in [2.45, 2.75) is 25.6 Å². The van der Waals surface area contributed by atoms with E-state index >= 15 is 0 Å². The van der Waals surface area contributed by atoms with Crippen molar-refractivity contribution in [2.24, 2.45) is 11.6 Å². The first kappa shape index (κ1) is 31.7. The highest BCUT2D eigenvalue weighted by atomic mass is 16.2. The molecule has 0 aliphatic carbocycles. The molecular formula is C35H38N6O3. The molecule has 4 rings (SSSR count). The second-order valence-corrected chi connectivity index (χ2v) is 10.5. The highest BCUT2D eigenvalue weighted by Crippen LogP contribution is 2.15. The zero-order chi connectivity index (χ0) is 31.1. The van der Waals surface area contributed by atoms with Gasteiger partial charge in [-0.3, -0.25) is 19.5 Å². The first-order valence-electron chi connectivity index (χ1n) is 14.4. The summed E-state index contributed by atoms with van der Waals surface area (Å²) in [6.07, 6.45) is 2.73. The molecule has 0 bridgehead atoms. The molecule has 0 heterocycles. The van der Waals surface area contributed by atoms with Crippen LogP contribution in [0.25, 0.3) is 0 Å². The van der Waals surface area contributed by atoms with Crippen LogP contribution in [0.15, 0.2) is 127 Å². The predicted molar refractivity (Wildman–Crippen MR) is 173 cm³/mol. The summed E-state index contributed by atoms with van der Waals surface area (Å²) >= 11 is 0. The number of hydrogen-bond donors (Lipinski definition) is 4. The van der Waals surface area contributed by atoms with Crippen molar-refractivity contribution in [1.29, 1.82) is 0 Å². The van der Waals surface area contributed by atoms with Gasteiger partial charge in [0.2, 0.25) is 5.91 Å². The molecule has 0 saturated heterocycles. The second kappa shape index (κ2) is 16.4. The Morgan fingerprint density at radius 2 is 1.27 bits per heavy atom. The number of nitrogens with one attached hydrogen (secondary N) is 2. The van der Waals surface area contributed by atoms with Gasteiger partial charge in [0, 0.05) is 37.1 Å². The fraction of sp³-hybridized carbons (Fsp3) is 0.171. The van der Waals surface area contributed by atoms with Crippen LogP contribution in [-0.2, 0) is 29.1 Å². The van der Waals surface area contributed by atoms with E-state index in [4.69, 9.17) is 11.6 Å². The van der Waals surface area contributed by atoms with E-state index in [2.05, 4.69) is 39.8 Å². The van der Waals surface area contributed by atoms with E-state index in [1.165, 1.54) is 16.1 Å². The van der Waals surface area contributed by atoms with Crippen molar-refractivity contribution in [2.75, 3.05) is 18.1 Å². The summed E-state index contributed by atoms with van der Waals surface area (Å²) in [5, 5.41) is 6.64. The van der Waals surface area contributed by atoms with E-state index in [1.54, 1.807) is 30.5 Å². The third kappa shape index (κ3) is 10.2. The van der Waals surface area contributed by atoms with Gasteiger partial charge in [-0.05, 0) is 47.4 Å². The monoisotopic (exact) mass is 590 g/mol. The number of nitrogens with two attached hydrogens (primary N) is 2. The zero-order valence-electron chi connectivity index (χ0n) is 24.5. The van der Waals surface area contributed by atoms with Crippen LogP contribution in [0.2, 0.25) is 0 Å². The van der Waals surface area contributed by atoms with Gasteiger partial charge >= 0.3 is 0 Å². The Labute approximate surface area is 258 Å². The number of rotatable bonds is 15. The maximum absolute atomic E-state index is 12.6. The SMILES string of the molecule is N/C(=C\N(N)c1ccc(C(=O)NCC(=O)N[C@H](C=O)Cc2ccccc2)cc1)CN(Cc1ccccc1)Cc1ccccc1. The number of carbonyl (C=O) groups is 3. The van der Waals surface area contributed by atoms with E-state index in [9.17, 15) is 14.4 Å². The molecule has 2 amide bonds. The van der Waals surface area contributed by atoms with Gasteiger partial charge in [-0.1, -0.05) is 91.0 Å². The third-order valence-corrected chi connectivity index (χ3v) is 6.86. The Balaban J connectivity index is 1.30. The van der Waals surface area contributed by atoms with E-state index in [-0.39, 0.29) is 6.54 Å². The molecule has 0 aliphatic heterocycles. The summed E-state index contributed by atoms with van der Waals surface area (Å²) in [4.78, 5) is 38.6. The molecule has 0 aliphatic rings. The first-order chi connectivity index (χ1) is 21.4. The lowest BCUT2D eigenvalue weighted by Crippen LogP contribution is -2.43. The molecule has 0 unspecified atom stereocenters. The molecular weight excluding hydrogens is 552 g/mol. The highest BCUT2D eigenvalue weighted by Gasteiger charge is 2.14. The Hall–Kier alpha value is -5.25. The molecule has 0 spiro atoms. The molecule has 4 aromatic rings. The lowest BCUT2D eigenvalue weighted by molar-refractivity contribution is -0.123. The summed E-state index contributed by atoms with van der Waals surface area (Å²) < 4.78 is 0. The molecule has 1 atom stereocenters. The Kier molecular flexibility index (Phi) is 11.8. The van der Waals surface area contributed by atoms with E-state index < -0.39 is 17.9 Å². The number of benzene rings is 4. The van der Waals surface area contributed by atoms with Crippen LogP contribution in [0.3, 0.4) is 0 Å². The van der Waals surface area contributed by atoms with Crippen LogP contribution < -0.4 is 27.2 Å². The number of aldehydes is 1. The lowest BCUT2D eigenvalue weighted by Gasteiger charge is -2.24. The standard InChI is InChI=1S/C35H38N6O3/c36-31(24-40(22-28-12-6-2-7-13-28)23-29-14-8-3-9-15-29)25-41(37)33-18-16-30(17-19-33)35(44)38-21-34(43)39-32(26-42)20-27-10-4-1-5-11-27/h1-19,25-26,32H,20-24,36-37H2,(H,38,44)(H,39,43)/b31-25-/t32-/m0/s1. The topological polar surface area (TPSA) is 134 Å². The normalized spacial score (nSPS) is 11.9. The molecule has 4 aromatic carbocycles. The smallest absolute Gasteiger partial charge is 0.251 e. The van der Waals surface area contributed by atoms with E-state index in [0.29, 0.717) is 36.2 Å². The molecule has 9 nitrogen and oxygen atoms in total. The summed E-state index contributed by atoms with van der Waals surface area (Å²) in [5.41, 5.74) is 11.3. The van der Waals surface area contributed by atoms with Crippen molar-refractivity contribution in [3.8, 4) is 0 Å². The van der Waals surface area contributed by atoms with Crippen LogP contribution in [0.1, 0.15) is 27.0 Å². The third-order valence-electron chi connectivity index (χ3n) is 6.86. The quantitative estimate of drug-likeness (QED) is 0.0946. The Morgan fingerprint density at radius 3 is 1.80 bits per heavy atom. The molecule has 0 saturated carbocycles. The number of carbonyl (C=O) groups excluding carboxylic acids is 3. The molecule has 6 N–H and O–H groups in total. The lowest BCUT2D eigenvalue weighted by atomic mass is 10.1. The van der Waals surface area contributed by atoms with E-state index in [1.807, 2.05) is 66.7 Å². The summed E-state index contributed by atoms with van der Waals surface area (Å²) in [6, 6.07) is 35.8. The van der Waals surface area contributed by atoms with Gasteiger partial charge in [0.25, 0.3) is 5.91 Å². The van der Waals surface area contributed by atoms with Crippen LogP contribution in [-0.4, -0.2) is 42.1 Å². The van der Waals surface area contributed by atoms with Gasteiger partial charge < -0.3 is 21.2 Å². The molecule has 226 valence electrons. The minimum atomic E-state index is -0.680.